The number of nitrogen functional groups attached to an aromatic ring is 1. The van der Waals surface area contributed by atoms with E-state index in [9.17, 15) is 22.8 Å². The van der Waals surface area contributed by atoms with Gasteiger partial charge in [-0.3, -0.25) is 9.36 Å². The maximum absolute atomic E-state index is 13.5. The van der Waals surface area contributed by atoms with Crippen LogP contribution in [0.2, 0.25) is 5.04 Å². The third kappa shape index (κ3) is 6.11. The van der Waals surface area contributed by atoms with E-state index in [0.717, 1.165) is 14.9 Å². The van der Waals surface area contributed by atoms with Crippen LogP contribution in [0.5, 0.6) is 0 Å². The van der Waals surface area contributed by atoms with Crippen LogP contribution >= 0.6 is 22.6 Å². The summed E-state index contributed by atoms with van der Waals surface area (Å²) in [4.78, 5) is 29.4. The molecule has 1 saturated heterocycles. The largest absolute Gasteiger partial charge is 0.471 e. The van der Waals surface area contributed by atoms with E-state index in [0.29, 0.717) is 8.47 Å². The Morgan fingerprint density at radius 2 is 1.62 bits per heavy atom. The first-order valence-corrected chi connectivity index (χ1v) is 15.5. The number of amides is 1. The molecule has 1 amide bonds. The Bertz CT molecular complexity index is 1360. The molecule has 40 heavy (non-hydrogen) atoms. The van der Waals surface area contributed by atoms with Crippen LogP contribution in [0.1, 0.15) is 27.0 Å². The van der Waals surface area contributed by atoms with Gasteiger partial charge in [-0.2, -0.15) is 18.2 Å². The van der Waals surface area contributed by atoms with Gasteiger partial charge in [0.2, 0.25) is 0 Å². The number of carbonyl (C=O) groups is 1. The molecule has 0 saturated carbocycles. The molecule has 4 rings (SSSR count). The first-order valence-electron chi connectivity index (χ1n) is 12.5. The van der Waals surface area contributed by atoms with E-state index in [1.807, 2.05) is 83.3 Å². The SMILES string of the molecule is CC(C)(C)[Si](OC[C@@H]1CN(C(=O)C(F)(F)F)C[C@H](n2cc(I)c(N)nc2=O)O1)(c1ccccc1)c1ccccc1. The predicted octanol–water partition coefficient (Wildman–Crippen LogP) is 3.30. The van der Waals surface area contributed by atoms with Crippen molar-refractivity contribution in [2.24, 2.45) is 0 Å². The molecule has 1 aromatic heterocycles. The van der Waals surface area contributed by atoms with Crippen molar-refractivity contribution >= 4 is 53.0 Å². The van der Waals surface area contributed by atoms with Gasteiger partial charge < -0.3 is 19.8 Å². The minimum atomic E-state index is -5.09. The Morgan fingerprint density at radius 1 is 1.07 bits per heavy atom. The van der Waals surface area contributed by atoms with E-state index >= 15 is 0 Å². The monoisotopic (exact) mass is 686 g/mol. The van der Waals surface area contributed by atoms with E-state index in [-0.39, 0.29) is 24.0 Å². The lowest BCUT2D eigenvalue weighted by Gasteiger charge is -2.45. The van der Waals surface area contributed by atoms with Crippen LogP contribution in [0.15, 0.2) is 71.7 Å². The number of carbonyl (C=O) groups excluding carboxylic acids is 1. The fourth-order valence-corrected chi connectivity index (χ4v) is 10.1. The molecule has 2 heterocycles. The van der Waals surface area contributed by atoms with Gasteiger partial charge in [-0.15, -0.1) is 0 Å². The maximum Gasteiger partial charge on any atom is 0.471 e. The van der Waals surface area contributed by atoms with Crippen LogP contribution in [0.4, 0.5) is 19.0 Å². The summed E-state index contributed by atoms with van der Waals surface area (Å²) in [5.74, 6) is -2.02. The minimum Gasteiger partial charge on any atom is -0.405 e. The summed E-state index contributed by atoms with van der Waals surface area (Å²) in [6.07, 6.45) is -5.92. The number of hydrogen-bond donors (Lipinski definition) is 1. The van der Waals surface area contributed by atoms with Crippen LogP contribution in [-0.4, -0.2) is 60.7 Å². The van der Waals surface area contributed by atoms with Gasteiger partial charge in [0, 0.05) is 12.7 Å². The van der Waals surface area contributed by atoms with Crippen molar-refractivity contribution in [3.05, 3.63) is 80.9 Å². The second-order valence-electron chi connectivity index (χ2n) is 10.6. The Labute approximate surface area is 244 Å². The first-order chi connectivity index (χ1) is 18.7. The number of aromatic nitrogens is 2. The van der Waals surface area contributed by atoms with E-state index in [1.54, 1.807) is 0 Å². The number of morpholine rings is 1. The standard InChI is InChI=1S/C27H30F3IN4O4Si/c1-26(2,3)40(19-10-6-4-7-11-19,20-12-8-5-9-13-20)38-17-18-14-34(24(36)27(28,29)30)16-22(39-18)35-15-21(31)23(32)33-25(35)37/h4-13,15,18,22H,14,16-17H2,1-3H3,(H2,32,33,37)/t18-,22+/m0/s1. The van der Waals surface area contributed by atoms with E-state index in [4.69, 9.17) is 14.9 Å². The van der Waals surface area contributed by atoms with Crippen LogP contribution < -0.4 is 21.8 Å². The molecule has 13 heteroatoms. The van der Waals surface area contributed by atoms with Crippen molar-refractivity contribution in [3.63, 3.8) is 0 Å². The molecule has 1 aliphatic heterocycles. The maximum atomic E-state index is 13.5. The molecule has 0 radical (unpaired) electrons. The van der Waals surface area contributed by atoms with Gasteiger partial charge in [-0.25, -0.2) is 4.79 Å². The predicted molar refractivity (Wildman–Crippen MR) is 156 cm³/mol. The topological polar surface area (TPSA) is 99.7 Å². The molecule has 3 aromatic rings. The second kappa shape index (κ2) is 11.6. The van der Waals surface area contributed by atoms with Crippen LogP contribution in [-0.2, 0) is 14.0 Å². The number of nitrogens with zero attached hydrogens (tertiary/aromatic N) is 3. The van der Waals surface area contributed by atoms with Gasteiger partial charge in [-0.05, 0) is 38.0 Å². The van der Waals surface area contributed by atoms with Crippen LogP contribution in [0, 0.1) is 3.57 Å². The molecule has 0 aliphatic carbocycles. The number of ether oxygens (including phenoxy) is 1. The highest BCUT2D eigenvalue weighted by Gasteiger charge is 2.51. The molecule has 1 aliphatic rings. The lowest BCUT2D eigenvalue weighted by molar-refractivity contribution is -0.201. The lowest BCUT2D eigenvalue weighted by atomic mass is 10.2. The number of halogens is 4. The summed E-state index contributed by atoms with van der Waals surface area (Å²) in [5, 5.41) is 1.58. The zero-order chi connectivity index (χ0) is 29.3. The number of hydrogen-bond acceptors (Lipinski definition) is 6. The highest BCUT2D eigenvalue weighted by Crippen LogP contribution is 2.37. The lowest BCUT2D eigenvalue weighted by Crippen LogP contribution is -2.67. The van der Waals surface area contributed by atoms with Crippen molar-refractivity contribution in [1.82, 2.24) is 14.5 Å². The molecule has 2 aromatic carbocycles. The fourth-order valence-electron chi connectivity index (χ4n) is 5.05. The van der Waals surface area contributed by atoms with Crippen molar-refractivity contribution in [1.29, 1.82) is 0 Å². The number of anilines is 1. The van der Waals surface area contributed by atoms with E-state index < -0.39 is 45.0 Å². The zero-order valence-electron chi connectivity index (χ0n) is 22.2. The Hall–Kier alpha value is -2.75. The smallest absolute Gasteiger partial charge is 0.405 e. The molecule has 2 atom stereocenters. The third-order valence-corrected chi connectivity index (χ3v) is 12.7. The Morgan fingerprint density at radius 3 is 2.12 bits per heavy atom. The zero-order valence-corrected chi connectivity index (χ0v) is 25.3. The van der Waals surface area contributed by atoms with Crippen LogP contribution in [0.25, 0.3) is 0 Å². The average molecular weight is 687 g/mol. The fraction of sp³-hybridized carbons (Fsp3) is 0.370. The quantitative estimate of drug-likeness (QED) is 0.316. The summed E-state index contributed by atoms with van der Waals surface area (Å²) in [6, 6.07) is 19.5. The first kappa shape index (κ1) is 30.2. The van der Waals surface area contributed by atoms with Gasteiger partial charge in [0.1, 0.15) is 5.82 Å². The summed E-state index contributed by atoms with van der Waals surface area (Å²) in [5.41, 5.74) is 4.93. The number of rotatable bonds is 6. The molecular formula is C27H30F3IN4O4Si. The second-order valence-corrected chi connectivity index (χ2v) is 16.0. The molecule has 1 fully saturated rings. The van der Waals surface area contributed by atoms with Gasteiger partial charge in [0.25, 0.3) is 8.32 Å². The molecule has 214 valence electrons. The minimum absolute atomic E-state index is 0.00699. The molecular weight excluding hydrogens is 656 g/mol. The molecule has 0 unspecified atom stereocenters. The van der Waals surface area contributed by atoms with Crippen LogP contribution in [0.3, 0.4) is 0 Å². The Balaban J connectivity index is 1.74. The summed E-state index contributed by atoms with van der Waals surface area (Å²) >= 11 is 1.87. The van der Waals surface area contributed by atoms with Crippen molar-refractivity contribution < 1.29 is 27.1 Å². The number of nitrogens with two attached hydrogens (primary N) is 1. The van der Waals surface area contributed by atoms with Gasteiger partial charge >= 0.3 is 17.8 Å². The van der Waals surface area contributed by atoms with Gasteiger partial charge in [0.05, 0.1) is 22.8 Å². The van der Waals surface area contributed by atoms with Crippen molar-refractivity contribution in [3.8, 4) is 0 Å². The highest BCUT2D eigenvalue weighted by molar-refractivity contribution is 14.1. The molecule has 0 bridgehead atoms. The summed E-state index contributed by atoms with van der Waals surface area (Å²) in [6.45, 7) is 5.26. The summed E-state index contributed by atoms with van der Waals surface area (Å²) in [7, 11) is -3.05. The van der Waals surface area contributed by atoms with Crippen molar-refractivity contribution in [2.75, 3.05) is 25.4 Å². The average Bonchev–Trinajstić information content (AvgIpc) is 2.90. The third-order valence-electron chi connectivity index (χ3n) is 6.83. The number of benzene rings is 2. The van der Waals surface area contributed by atoms with E-state index in [1.165, 1.54) is 6.20 Å². The van der Waals surface area contributed by atoms with E-state index in [2.05, 4.69) is 25.8 Å². The normalized spacial score (nSPS) is 18.5. The van der Waals surface area contributed by atoms with Crippen molar-refractivity contribution in [2.45, 2.75) is 44.3 Å². The molecule has 0 spiro atoms. The summed E-state index contributed by atoms with van der Waals surface area (Å²) < 4.78 is 55.0. The number of alkyl halides is 3. The molecule has 2 N–H and O–H groups in total. The highest BCUT2D eigenvalue weighted by atomic mass is 127. The van der Waals surface area contributed by atoms with Gasteiger partial charge in [0.15, 0.2) is 6.23 Å². The molecule has 8 nitrogen and oxygen atoms in total. The van der Waals surface area contributed by atoms with Gasteiger partial charge in [-0.1, -0.05) is 81.4 Å². The Kier molecular flexibility index (Phi) is 8.78.